The van der Waals surface area contributed by atoms with Gasteiger partial charge in [0.2, 0.25) is 5.91 Å². The molecule has 0 spiro atoms. The molecular formula is C12H16Br2N2OS. The van der Waals surface area contributed by atoms with Crippen molar-refractivity contribution in [3.8, 4) is 0 Å². The summed E-state index contributed by atoms with van der Waals surface area (Å²) in [5.74, 6) is 1.37. The number of hydrogen-bond acceptors (Lipinski definition) is 3. The van der Waals surface area contributed by atoms with Crippen molar-refractivity contribution in [2.75, 3.05) is 23.4 Å². The Balaban J connectivity index is 2.54. The van der Waals surface area contributed by atoms with Gasteiger partial charge in [-0.15, -0.1) is 0 Å². The molecule has 1 amide bonds. The summed E-state index contributed by atoms with van der Waals surface area (Å²) >= 11 is 8.50. The summed E-state index contributed by atoms with van der Waals surface area (Å²) in [4.78, 5) is 11.8. The predicted molar refractivity (Wildman–Crippen MR) is 86.2 cm³/mol. The van der Waals surface area contributed by atoms with Crippen LogP contribution in [0.1, 0.15) is 12.0 Å². The number of amides is 1. The van der Waals surface area contributed by atoms with Crippen LogP contribution >= 0.6 is 43.6 Å². The minimum atomic E-state index is 0.00211. The van der Waals surface area contributed by atoms with Crippen molar-refractivity contribution in [3.63, 3.8) is 0 Å². The first-order valence-corrected chi connectivity index (χ1v) is 8.32. The van der Waals surface area contributed by atoms with Gasteiger partial charge in [0.15, 0.2) is 0 Å². The van der Waals surface area contributed by atoms with E-state index in [4.69, 9.17) is 5.73 Å². The first kappa shape index (κ1) is 16.0. The van der Waals surface area contributed by atoms with Crippen molar-refractivity contribution >= 4 is 55.2 Å². The van der Waals surface area contributed by atoms with E-state index < -0.39 is 0 Å². The van der Waals surface area contributed by atoms with Crippen molar-refractivity contribution in [2.45, 2.75) is 13.3 Å². The summed E-state index contributed by atoms with van der Waals surface area (Å²) in [6.45, 7) is 2.67. The summed E-state index contributed by atoms with van der Waals surface area (Å²) < 4.78 is 1.77. The van der Waals surface area contributed by atoms with Gasteiger partial charge >= 0.3 is 0 Å². The third kappa shape index (κ3) is 5.30. The number of carbonyl (C=O) groups excluding carboxylic acids is 1. The molecule has 3 nitrogen and oxygen atoms in total. The summed E-state index contributed by atoms with van der Waals surface area (Å²) in [5.41, 5.74) is 7.31. The molecule has 0 fully saturated rings. The van der Waals surface area contributed by atoms with Crippen LogP contribution in [0.25, 0.3) is 0 Å². The third-order valence-corrected chi connectivity index (χ3v) is 4.47. The maximum atomic E-state index is 11.8. The largest absolute Gasteiger partial charge is 0.330 e. The Kier molecular flexibility index (Phi) is 7.29. The highest BCUT2D eigenvalue weighted by Crippen LogP contribution is 2.32. The van der Waals surface area contributed by atoms with E-state index in [9.17, 15) is 4.79 Å². The molecule has 1 aromatic carbocycles. The van der Waals surface area contributed by atoms with Gasteiger partial charge in [-0.05, 0) is 75.2 Å². The molecule has 3 N–H and O–H groups in total. The molecule has 0 aromatic heterocycles. The lowest BCUT2D eigenvalue weighted by atomic mass is 10.2. The Hall–Kier alpha value is -0.0400. The molecule has 0 aliphatic rings. The van der Waals surface area contributed by atoms with E-state index in [1.165, 1.54) is 0 Å². The van der Waals surface area contributed by atoms with Gasteiger partial charge in [-0.1, -0.05) is 0 Å². The molecule has 0 heterocycles. The number of thioether (sulfide) groups is 1. The molecule has 1 rings (SSSR count). The molecule has 0 saturated carbocycles. The average Bonchev–Trinajstić information content (AvgIpc) is 2.29. The van der Waals surface area contributed by atoms with E-state index in [0.717, 1.165) is 32.4 Å². The fourth-order valence-electron chi connectivity index (χ4n) is 1.35. The van der Waals surface area contributed by atoms with Crippen LogP contribution in [0.15, 0.2) is 21.1 Å². The Morgan fingerprint density at radius 3 is 2.56 bits per heavy atom. The number of rotatable bonds is 6. The number of nitrogens with one attached hydrogen (secondary N) is 1. The third-order valence-electron chi connectivity index (χ3n) is 2.18. The topological polar surface area (TPSA) is 55.1 Å². The molecular weight excluding hydrogens is 380 g/mol. The molecule has 100 valence electrons. The molecule has 0 aliphatic carbocycles. The second kappa shape index (κ2) is 8.19. The van der Waals surface area contributed by atoms with E-state index in [1.54, 1.807) is 11.8 Å². The second-order valence-corrected chi connectivity index (χ2v) is 6.66. The van der Waals surface area contributed by atoms with Crippen molar-refractivity contribution in [1.82, 2.24) is 0 Å². The lowest BCUT2D eigenvalue weighted by molar-refractivity contribution is -0.113. The zero-order chi connectivity index (χ0) is 13.5. The molecule has 0 aliphatic heterocycles. The van der Waals surface area contributed by atoms with E-state index in [-0.39, 0.29) is 5.91 Å². The van der Waals surface area contributed by atoms with Gasteiger partial charge in [0.05, 0.1) is 11.4 Å². The fourth-order valence-corrected chi connectivity index (χ4v) is 3.73. The number of hydrogen-bond donors (Lipinski definition) is 2. The smallest absolute Gasteiger partial charge is 0.234 e. The van der Waals surface area contributed by atoms with Crippen LogP contribution in [-0.2, 0) is 4.79 Å². The molecule has 0 saturated heterocycles. The number of carbonyl (C=O) groups is 1. The van der Waals surface area contributed by atoms with Crippen LogP contribution in [-0.4, -0.2) is 24.0 Å². The van der Waals surface area contributed by atoms with Crippen LogP contribution in [0.2, 0.25) is 0 Å². The van der Waals surface area contributed by atoms with Crippen LogP contribution in [0.3, 0.4) is 0 Å². The molecule has 18 heavy (non-hydrogen) atoms. The first-order chi connectivity index (χ1) is 8.54. The number of anilines is 1. The van der Waals surface area contributed by atoms with Crippen molar-refractivity contribution < 1.29 is 4.79 Å². The van der Waals surface area contributed by atoms with Crippen LogP contribution in [0.5, 0.6) is 0 Å². The predicted octanol–water partition coefficient (Wildman–Crippen LogP) is 3.54. The van der Waals surface area contributed by atoms with Gasteiger partial charge in [0.25, 0.3) is 0 Å². The molecule has 0 radical (unpaired) electrons. The summed E-state index contributed by atoms with van der Waals surface area (Å²) in [6, 6.07) is 3.95. The van der Waals surface area contributed by atoms with Crippen LogP contribution in [0.4, 0.5) is 5.69 Å². The monoisotopic (exact) mass is 394 g/mol. The number of benzene rings is 1. The quantitative estimate of drug-likeness (QED) is 0.724. The van der Waals surface area contributed by atoms with Gasteiger partial charge in [-0.2, -0.15) is 11.8 Å². The van der Waals surface area contributed by atoms with E-state index >= 15 is 0 Å². The molecule has 0 bridgehead atoms. The van der Waals surface area contributed by atoms with E-state index in [2.05, 4.69) is 37.2 Å². The van der Waals surface area contributed by atoms with Crippen molar-refractivity contribution in [2.24, 2.45) is 5.73 Å². The Morgan fingerprint density at radius 2 is 2.00 bits per heavy atom. The highest BCUT2D eigenvalue weighted by molar-refractivity contribution is 9.11. The Bertz CT molecular complexity index is 404. The minimum absolute atomic E-state index is 0.00211. The highest BCUT2D eigenvalue weighted by Gasteiger charge is 2.09. The minimum Gasteiger partial charge on any atom is -0.330 e. The van der Waals surface area contributed by atoms with E-state index in [0.29, 0.717) is 12.3 Å². The summed E-state index contributed by atoms with van der Waals surface area (Å²) in [7, 11) is 0. The Morgan fingerprint density at radius 1 is 1.39 bits per heavy atom. The SMILES string of the molecule is Cc1cc(Br)c(NC(=O)CSCCCN)c(Br)c1. The molecule has 1 aromatic rings. The number of aryl methyl sites for hydroxylation is 1. The Labute approximate surface area is 129 Å². The summed E-state index contributed by atoms with van der Waals surface area (Å²) in [6.07, 6.45) is 0.940. The van der Waals surface area contributed by atoms with Crippen LogP contribution < -0.4 is 11.1 Å². The molecule has 0 atom stereocenters. The fraction of sp³-hybridized carbons (Fsp3) is 0.417. The van der Waals surface area contributed by atoms with Crippen LogP contribution in [0, 0.1) is 6.92 Å². The number of nitrogens with two attached hydrogens (primary N) is 1. The maximum absolute atomic E-state index is 11.8. The van der Waals surface area contributed by atoms with Crippen molar-refractivity contribution in [1.29, 1.82) is 0 Å². The van der Waals surface area contributed by atoms with Gasteiger partial charge in [-0.25, -0.2) is 0 Å². The van der Waals surface area contributed by atoms with Gasteiger partial charge in [-0.3, -0.25) is 4.79 Å². The maximum Gasteiger partial charge on any atom is 0.234 e. The van der Waals surface area contributed by atoms with E-state index in [1.807, 2.05) is 19.1 Å². The second-order valence-electron chi connectivity index (χ2n) is 3.85. The zero-order valence-electron chi connectivity index (χ0n) is 10.1. The summed E-state index contributed by atoms with van der Waals surface area (Å²) in [5, 5.41) is 2.90. The van der Waals surface area contributed by atoms with Gasteiger partial charge in [0.1, 0.15) is 0 Å². The zero-order valence-corrected chi connectivity index (χ0v) is 14.1. The first-order valence-electron chi connectivity index (χ1n) is 5.58. The standard InChI is InChI=1S/C12H16Br2N2OS/c1-8-5-9(13)12(10(14)6-8)16-11(17)7-18-4-2-3-15/h5-6H,2-4,7,15H2,1H3,(H,16,17). The number of halogens is 2. The molecule has 6 heteroatoms. The van der Waals surface area contributed by atoms with Crippen molar-refractivity contribution in [3.05, 3.63) is 26.6 Å². The van der Waals surface area contributed by atoms with Gasteiger partial charge in [0, 0.05) is 8.95 Å². The molecule has 0 unspecified atom stereocenters. The lowest BCUT2D eigenvalue weighted by Gasteiger charge is -2.10. The highest BCUT2D eigenvalue weighted by atomic mass is 79.9. The average molecular weight is 396 g/mol. The normalized spacial score (nSPS) is 10.4. The van der Waals surface area contributed by atoms with Gasteiger partial charge < -0.3 is 11.1 Å². The lowest BCUT2D eigenvalue weighted by Crippen LogP contribution is -2.15.